The number of nitrogens with zero attached hydrogens (tertiary/aromatic N) is 1. The normalized spacial score (nSPS) is 12.8. The third kappa shape index (κ3) is 4.97. The molecule has 1 amide bonds. The highest BCUT2D eigenvalue weighted by molar-refractivity contribution is 5.97. The molecule has 2 atom stereocenters. The van der Waals surface area contributed by atoms with Crippen LogP contribution >= 0.6 is 0 Å². The summed E-state index contributed by atoms with van der Waals surface area (Å²) in [6.07, 6.45) is 0.817. The predicted octanol–water partition coefficient (Wildman–Crippen LogP) is 2.71. The van der Waals surface area contributed by atoms with Crippen molar-refractivity contribution < 1.29 is 28.6 Å². The maximum Gasteiger partial charge on any atom is 0.325 e. The zero-order valence-corrected chi connectivity index (χ0v) is 16.2. The van der Waals surface area contributed by atoms with E-state index in [1.54, 1.807) is 19.9 Å². The van der Waals surface area contributed by atoms with E-state index >= 15 is 0 Å². The number of carbonyl (C=O) groups is 2. The number of hydrogen-bond acceptors (Lipinski definition) is 6. The van der Waals surface area contributed by atoms with Crippen molar-refractivity contribution in [1.82, 2.24) is 10.3 Å². The number of nitrogens with one attached hydrogen (secondary N) is 1. The van der Waals surface area contributed by atoms with Crippen molar-refractivity contribution in [2.45, 2.75) is 32.8 Å². The Morgan fingerprint density at radius 3 is 2.64 bits per heavy atom. The Kier molecular flexibility index (Phi) is 6.92. The molecular formula is C20H23FN2O5. The molecule has 1 aromatic carbocycles. The number of benzene rings is 1. The summed E-state index contributed by atoms with van der Waals surface area (Å²) in [5, 5.41) is 12.3. The summed E-state index contributed by atoms with van der Waals surface area (Å²) in [6, 6.07) is 5.86. The number of pyridine rings is 1. The van der Waals surface area contributed by atoms with Crippen LogP contribution in [0.1, 0.15) is 41.4 Å². The van der Waals surface area contributed by atoms with Gasteiger partial charge in [0.1, 0.15) is 18.5 Å². The minimum absolute atomic E-state index is 0.0971. The second-order valence-electron chi connectivity index (χ2n) is 6.38. The standard InChI is InChI=1S/C20H23FN2O5/c1-11-9-14(21)5-6-15(11)12(2)13(3)28-17(24)10-23-20(26)18-19(25)16(27-4)7-8-22-18/h5-9,12-13,25H,10H2,1-4H3,(H,23,26)/t12-,13+/m0/s1. The third-order valence-electron chi connectivity index (χ3n) is 4.46. The first-order valence-corrected chi connectivity index (χ1v) is 8.70. The molecule has 0 saturated carbocycles. The summed E-state index contributed by atoms with van der Waals surface area (Å²) < 4.78 is 23.5. The van der Waals surface area contributed by atoms with Crippen LogP contribution in [0.5, 0.6) is 11.5 Å². The van der Waals surface area contributed by atoms with Crippen LogP contribution in [0, 0.1) is 12.7 Å². The quantitative estimate of drug-likeness (QED) is 0.706. The number of aromatic nitrogens is 1. The van der Waals surface area contributed by atoms with E-state index in [0.717, 1.165) is 11.1 Å². The fraction of sp³-hybridized carbons (Fsp3) is 0.350. The number of methoxy groups -OCH3 is 1. The molecular weight excluding hydrogens is 367 g/mol. The molecule has 1 aromatic heterocycles. The highest BCUT2D eigenvalue weighted by Crippen LogP contribution is 2.27. The minimum atomic E-state index is -0.733. The third-order valence-corrected chi connectivity index (χ3v) is 4.46. The van der Waals surface area contributed by atoms with Gasteiger partial charge in [0.2, 0.25) is 0 Å². The average Bonchev–Trinajstić information content (AvgIpc) is 2.65. The number of esters is 1. The fourth-order valence-corrected chi connectivity index (χ4v) is 2.76. The van der Waals surface area contributed by atoms with Gasteiger partial charge in [-0.2, -0.15) is 0 Å². The number of ether oxygens (including phenoxy) is 2. The monoisotopic (exact) mass is 390 g/mol. The lowest BCUT2D eigenvalue weighted by atomic mass is 9.92. The van der Waals surface area contributed by atoms with Crippen LogP contribution in [0.15, 0.2) is 30.5 Å². The van der Waals surface area contributed by atoms with Crippen molar-refractivity contribution in [3.63, 3.8) is 0 Å². The Labute approximate surface area is 162 Å². The molecule has 8 heteroatoms. The molecule has 150 valence electrons. The smallest absolute Gasteiger partial charge is 0.325 e. The van der Waals surface area contributed by atoms with Crippen LogP contribution in [-0.4, -0.2) is 41.7 Å². The Bertz CT molecular complexity index is 872. The van der Waals surface area contributed by atoms with Gasteiger partial charge in [0, 0.05) is 18.2 Å². The van der Waals surface area contributed by atoms with Crippen molar-refractivity contribution in [2.24, 2.45) is 0 Å². The summed E-state index contributed by atoms with van der Waals surface area (Å²) >= 11 is 0. The number of aryl methyl sites for hydroxylation is 1. The van der Waals surface area contributed by atoms with Crippen molar-refractivity contribution in [1.29, 1.82) is 0 Å². The highest BCUT2D eigenvalue weighted by atomic mass is 19.1. The lowest BCUT2D eigenvalue weighted by Gasteiger charge is -2.22. The van der Waals surface area contributed by atoms with Crippen molar-refractivity contribution in [3.05, 3.63) is 53.1 Å². The maximum absolute atomic E-state index is 13.3. The van der Waals surface area contributed by atoms with Gasteiger partial charge in [-0.3, -0.25) is 9.59 Å². The van der Waals surface area contributed by atoms with Gasteiger partial charge in [-0.1, -0.05) is 13.0 Å². The molecule has 1 heterocycles. The van der Waals surface area contributed by atoms with Crippen LogP contribution < -0.4 is 10.1 Å². The first-order chi connectivity index (χ1) is 13.2. The van der Waals surface area contributed by atoms with Crippen molar-refractivity contribution >= 4 is 11.9 Å². The molecule has 0 aliphatic carbocycles. The molecule has 0 unspecified atom stereocenters. The second-order valence-corrected chi connectivity index (χ2v) is 6.38. The number of hydrogen-bond donors (Lipinski definition) is 2. The molecule has 7 nitrogen and oxygen atoms in total. The van der Waals surface area contributed by atoms with E-state index in [2.05, 4.69) is 10.3 Å². The topological polar surface area (TPSA) is 97.8 Å². The molecule has 28 heavy (non-hydrogen) atoms. The van der Waals surface area contributed by atoms with Gasteiger partial charge in [-0.25, -0.2) is 9.37 Å². The van der Waals surface area contributed by atoms with E-state index < -0.39 is 30.3 Å². The molecule has 0 spiro atoms. The molecule has 0 bridgehead atoms. The molecule has 0 radical (unpaired) electrons. The van der Waals surface area contributed by atoms with Crippen LogP contribution in [0.4, 0.5) is 4.39 Å². The molecule has 2 aromatic rings. The SMILES string of the molecule is COc1ccnc(C(=O)NCC(=O)O[C@H](C)[C@H](C)c2ccc(F)cc2C)c1O. The van der Waals surface area contributed by atoms with E-state index in [1.807, 2.05) is 6.92 Å². The molecule has 0 saturated heterocycles. The van der Waals surface area contributed by atoms with Gasteiger partial charge in [-0.05, 0) is 37.1 Å². The summed E-state index contributed by atoms with van der Waals surface area (Å²) in [5.41, 5.74) is 1.38. The lowest BCUT2D eigenvalue weighted by molar-refractivity contribution is -0.147. The molecule has 0 fully saturated rings. The van der Waals surface area contributed by atoms with Crippen LogP contribution in [-0.2, 0) is 9.53 Å². The lowest BCUT2D eigenvalue weighted by Crippen LogP contribution is -2.33. The Morgan fingerprint density at radius 2 is 2.00 bits per heavy atom. The van der Waals surface area contributed by atoms with Crippen LogP contribution in [0.25, 0.3) is 0 Å². The van der Waals surface area contributed by atoms with E-state index in [1.165, 1.54) is 31.5 Å². The maximum atomic E-state index is 13.3. The molecule has 2 N–H and O–H groups in total. The van der Waals surface area contributed by atoms with Gasteiger partial charge < -0.3 is 19.9 Å². The Hall–Kier alpha value is -3.16. The number of aromatic hydroxyl groups is 1. The van der Waals surface area contributed by atoms with Gasteiger partial charge in [0.05, 0.1) is 7.11 Å². The highest BCUT2D eigenvalue weighted by Gasteiger charge is 2.22. The van der Waals surface area contributed by atoms with Crippen molar-refractivity contribution in [3.8, 4) is 11.5 Å². The second kappa shape index (κ2) is 9.16. The van der Waals surface area contributed by atoms with Gasteiger partial charge >= 0.3 is 5.97 Å². The van der Waals surface area contributed by atoms with Crippen LogP contribution in [0.2, 0.25) is 0 Å². The Morgan fingerprint density at radius 1 is 1.29 bits per heavy atom. The molecule has 2 rings (SSSR count). The number of amides is 1. The first-order valence-electron chi connectivity index (χ1n) is 8.70. The number of rotatable bonds is 7. The Balaban J connectivity index is 1.94. The zero-order chi connectivity index (χ0) is 20.8. The average molecular weight is 390 g/mol. The van der Waals surface area contributed by atoms with E-state index in [9.17, 15) is 19.1 Å². The summed E-state index contributed by atoms with van der Waals surface area (Å²) in [7, 11) is 1.35. The largest absolute Gasteiger partial charge is 0.503 e. The zero-order valence-electron chi connectivity index (χ0n) is 16.2. The van der Waals surface area contributed by atoms with E-state index in [-0.39, 0.29) is 23.2 Å². The molecule has 0 aliphatic rings. The summed E-state index contributed by atoms with van der Waals surface area (Å²) in [5.74, 6) is -2.18. The number of halogens is 1. The fourth-order valence-electron chi connectivity index (χ4n) is 2.76. The summed E-state index contributed by atoms with van der Waals surface area (Å²) in [4.78, 5) is 28.0. The van der Waals surface area contributed by atoms with Gasteiger partial charge in [0.25, 0.3) is 5.91 Å². The molecule has 0 aliphatic heterocycles. The first kappa shape index (κ1) is 21.1. The number of carbonyl (C=O) groups excluding carboxylic acids is 2. The summed E-state index contributed by atoms with van der Waals surface area (Å²) in [6.45, 7) is 4.99. The predicted molar refractivity (Wildman–Crippen MR) is 99.9 cm³/mol. The van der Waals surface area contributed by atoms with E-state index in [4.69, 9.17) is 9.47 Å². The van der Waals surface area contributed by atoms with Gasteiger partial charge in [0.15, 0.2) is 17.2 Å². The van der Waals surface area contributed by atoms with Crippen LogP contribution in [0.3, 0.4) is 0 Å². The van der Waals surface area contributed by atoms with Gasteiger partial charge in [-0.15, -0.1) is 0 Å². The minimum Gasteiger partial charge on any atom is -0.503 e. The van der Waals surface area contributed by atoms with Crippen molar-refractivity contribution in [2.75, 3.05) is 13.7 Å². The van der Waals surface area contributed by atoms with E-state index in [0.29, 0.717) is 0 Å².